The van der Waals surface area contributed by atoms with Gasteiger partial charge in [0.05, 0.1) is 11.3 Å². The van der Waals surface area contributed by atoms with Crippen LogP contribution in [0.5, 0.6) is 0 Å². The molecule has 3 heteroatoms. The first-order chi connectivity index (χ1) is 6.77. The van der Waals surface area contributed by atoms with Gasteiger partial charge in [0, 0.05) is 12.1 Å². The molecule has 3 nitrogen and oxygen atoms in total. The number of allylic oxidation sites excluding steroid dienone is 4. The lowest BCUT2D eigenvalue weighted by atomic mass is 10.1. The van der Waals surface area contributed by atoms with Crippen LogP contribution < -0.4 is 0 Å². The quantitative estimate of drug-likeness (QED) is 0.770. The lowest BCUT2D eigenvalue weighted by Crippen LogP contribution is -1.99. The third-order valence-corrected chi connectivity index (χ3v) is 2.12. The fourth-order valence-corrected chi connectivity index (χ4v) is 1.36. The molecule has 0 aromatic carbocycles. The molecule has 14 heavy (non-hydrogen) atoms. The largest absolute Gasteiger partial charge is 0.478 e. The molecule has 1 aromatic heterocycles. The second-order valence-electron chi connectivity index (χ2n) is 3.07. The summed E-state index contributed by atoms with van der Waals surface area (Å²) < 4.78 is 0. The summed E-state index contributed by atoms with van der Waals surface area (Å²) in [5.74, 6) is -0.751. The van der Waals surface area contributed by atoms with Crippen molar-refractivity contribution < 1.29 is 9.90 Å². The molecule has 0 atom stereocenters. The monoisotopic (exact) mass is 187 g/mol. The maximum Gasteiger partial charge on any atom is 0.337 e. The first-order valence-corrected chi connectivity index (χ1v) is 4.31. The number of hydrogen-bond acceptors (Lipinski definition) is 2. The van der Waals surface area contributed by atoms with Crippen LogP contribution in [-0.4, -0.2) is 16.1 Å². The van der Waals surface area contributed by atoms with Crippen LogP contribution in [-0.2, 0) is 0 Å². The topological polar surface area (TPSA) is 50.2 Å². The zero-order valence-corrected chi connectivity index (χ0v) is 7.42. The van der Waals surface area contributed by atoms with Crippen LogP contribution in [0.4, 0.5) is 0 Å². The summed E-state index contributed by atoms with van der Waals surface area (Å²) in [6, 6.07) is 3.32. The van der Waals surface area contributed by atoms with E-state index in [1.807, 2.05) is 24.3 Å². The fraction of sp³-hybridized carbons (Fsp3) is 0.0909. The third-order valence-electron chi connectivity index (χ3n) is 2.12. The summed E-state index contributed by atoms with van der Waals surface area (Å²) in [5, 5.41) is 8.67. The molecule has 1 aromatic rings. The van der Waals surface area contributed by atoms with Crippen molar-refractivity contribution in [2.24, 2.45) is 0 Å². The number of rotatable bonds is 2. The van der Waals surface area contributed by atoms with E-state index in [1.165, 1.54) is 6.20 Å². The van der Waals surface area contributed by atoms with Crippen molar-refractivity contribution in [3.05, 3.63) is 53.9 Å². The van der Waals surface area contributed by atoms with E-state index >= 15 is 0 Å². The van der Waals surface area contributed by atoms with Gasteiger partial charge in [-0.1, -0.05) is 24.3 Å². The SMILES string of the molecule is O=C(O)c1ccc(C2C=CC=C2)nc1. The Bertz CT molecular complexity index is 392. The molecule has 0 fully saturated rings. The molecule has 0 saturated carbocycles. The average molecular weight is 187 g/mol. The second-order valence-corrected chi connectivity index (χ2v) is 3.07. The molecule has 0 saturated heterocycles. The standard InChI is InChI=1S/C11H9NO2/c13-11(14)9-5-6-10(12-7-9)8-3-1-2-4-8/h1-8H,(H,13,14). The zero-order chi connectivity index (χ0) is 9.97. The number of carbonyl (C=O) groups is 1. The van der Waals surface area contributed by atoms with Gasteiger partial charge in [0.2, 0.25) is 0 Å². The summed E-state index contributed by atoms with van der Waals surface area (Å²) in [5.41, 5.74) is 1.10. The van der Waals surface area contributed by atoms with Crippen LogP contribution in [0.25, 0.3) is 0 Å². The molecule has 0 unspecified atom stereocenters. The van der Waals surface area contributed by atoms with Gasteiger partial charge in [-0.2, -0.15) is 0 Å². The molecule has 1 aliphatic carbocycles. The van der Waals surface area contributed by atoms with Gasteiger partial charge >= 0.3 is 5.97 Å². The molecule has 0 amide bonds. The van der Waals surface area contributed by atoms with E-state index in [1.54, 1.807) is 12.1 Å². The van der Waals surface area contributed by atoms with Gasteiger partial charge in [-0.25, -0.2) is 4.79 Å². The van der Waals surface area contributed by atoms with Crippen molar-refractivity contribution in [1.29, 1.82) is 0 Å². The maximum atomic E-state index is 10.6. The summed E-state index contributed by atoms with van der Waals surface area (Å²) in [7, 11) is 0. The van der Waals surface area contributed by atoms with Crippen LogP contribution in [0.15, 0.2) is 42.6 Å². The fourth-order valence-electron chi connectivity index (χ4n) is 1.36. The number of aromatic nitrogens is 1. The molecular weight excluding hydrogens is 178 g/mol. The summed E-state index contributed by atoms with van der Waals surface area (Å²) in [4.78, 5) is 14.7. The highest BCUT2D eigenvalue weighted by Crippen LogP contribution is 2.20. The first-order valence-electron chi connectivity index (χ1n) is 4.31. The van der Waals surface area contributed by atoms with Gasteiger partial charge in [-0.15, -0.1) is 0 Å². The molecule has 70 valence electrons. The molecule has 1 N–H and O–H groups in total. The highest BCUT2D eigenvalue weighted by molar-refractivity contribution is 5.87. The summed E-state index contributed by atoms with van der Waals surface area (Å²) in [6.45, 7) is 0. The van der Waals surface area contributed by atoms with Crippen molar-refractivity contribution in [3.8, 4) is 0 Å². The molecule has 0 radical (unpaired) electrons. The predicted octanol–water partition coefficient (Wildman–Crippen LogP) is 1.99. The van der Waals surface area contributed by atoms with E-state index in [-0.39, 0.29) is 11.5 Å². The minimum absolute atomic E-state index is 0.192. The Hall–Kier alpha value is -1.90. The van der Waals surface area contributed by atoms with Crippen molar-refractivity contribution in [3.63, 3.8) is 0 Å². The van der Waals surface area contributed by atoms with Crippen LogP contribution in [0.2, 0.25) is 0 Å². The highest BCUT2D eigenvalue weighted by Gasteiger charge is 2.09. The van der Waals surface area contributed by atoms with Crippen molar-refractivity contribution >= 4 is 5.97 Å². The van der Waals surface area contributed by atoms with Crippen LogP contribution in [0.3, 0.4) is 0 Å². The van der Waals surface area contributed by atoms with Crippen molar-refractivity contribution in [2.45, 2.75) is 5.92 Å². The Labute approximate surface area is 81.4 Å². The van der Waals surface area contributed by atoms with Crippen molar-refractivity contribution in [1.82, 2.24) is 4.98 Å². The van der Waals surface area contributed by atoms with Gasteiger partial charge in [-0.3, -0.25) is 4.98 Å². The molecule has 0 bridgehead atoms. The van der Waals surface area contributed by atoms with Gasteiger partial charge in [-0.05, 0) is 12.1 Å². The van der Waals surface area contributed by atoms with Crippen LogP contribution in [0, 0.1) is 0 Å². The van der Waals surface area contributed by atoms with E-state index in [9.17, 15) is 4.79 Å². The predicted molar refractivity (Wildman–Crippen MR) is 52.2 cm³/mol. The Kier molecular flexibility index (Phi) is 2.14. The number of nitrogens with zero attached hydrogens (tertiary/aromatic N) is 1. The molecule has 0 spiro atoms. The number of pyridine rings is 1. The maximum absolute atomic E-state index is 10.6. The Morgan fingerprint density at radius 2 is 2.00 bits per heavy atom. The summed E-state index contributed by atoms with van der Waals surface area (Å²) in [6.07, 6.45) is 9.33. The third kappa shape index (κ3) is 1.57. The van der Waals surface area contributed by atoms with E-state index in [0.29, 0.717) is 0 Å². The van der Waals surface area contributed by atoms with Gasteiger partial charge < -0.3 is 5.11 Å². The lowest BCUT2D eigenvalue weighted by molar-refractivity contribution is 0.0696. The molecule has 0 aliphatic heterocycles. The smallest absolute Gasteiger partial charge is 0.337 e. The average Bonchev–Trinajstić information content (AvgIpc) is 2.71. The van der Waals surface area contributed by atoms with Gasteiger partial charge in [0.1, 0.15) is 0 Å². The normalized spacial score (nSPS) is 14.9. The first kappa shape index (κ1) is 8.69. The number of carboxylic acid groups (broad SMARTS) is 1. The molecular formula is C11H9NO2. The van der Waals surface area contributed by atoms with Crippen LogP contribution in [0.1, 0.15) is 22.0 Å². The van der Waals surface area contributed by atoms with Crippen LogP contribution >= 0.6 is 0 Å². The lowest BCUT2D eigenvalue weighted by Gasteiger charge is -2.04. The molecule has 2 rings (SSSR count). The Morgan fingerprint density at radius 3 is 2.50 bits per heavy atom. The Morgan fingerprint density at radius 1 is 1.29 bits per heavy atom. The van der Waals surface area contributed by atoms with E-state index in [0.717, 1.165) is 5.69 Å². The minimum Gasteiger partial charge on any atom is -0.478 e. The summed E-state index contributed by atoms with van der Waals surface area (Å²) >= 11 is 0. The number of hydrogen-bond donors (Lipinski definition) is 1. The number of carboxylic acids is 1. The molecule has 1 aliphatic rings. The second kappa shape index (κ2) is 3.46. The van der Waals surface area contributed by atoms with Gasteiger partial charge in [0.25, 0.3) is 0 Å². The number of aromatic carboxylic acids is 1. The van der Waals surface area contributed by atoms with Crippen molar-refractivity contribution in [2.75, 3.05) is 0 Å². The molecule has 1 heterocycles. The minimum atomic E-state index is -0.943. The van der Waals surface area contributed by atoms with E-state index in [2.05, 4.69) is 4.98 Å². The zero-order valence-electron chi connectivity index (χ0n) is 7.42. The highest BCUT2D eigenvalue weighted by atomic mass is 16.4. The van der Waals surface area contributed by atoms with E-state index < -0.39 is 5.97 Å². The Balaban J connectivity index is 2.25. The van der Waals surface area contributed by atoms with Gasteiger partial charge in [0.15, 0.2) is 0 Å². The van der Waals surface area contributed by atoms with E-state index in [4.69, 9.17) is 5.11 Å².